The summed E-state index contributed by atoms with van der Waals surface area (Å²) < 4.78 is 1.79. The molecule has 1 aliphatic carbocycles. The van der Waals surface area contributed by atoms with Crippen LogP contribution in [0.5, 0.6) is 0 Å². The van der Waals surface area contributed by atoms with Crippen LogP contribution in [0.2, 0.25) is 0 Å². The third-order valence-corrected chi connectivity index (χ3v) is 3.82. The monoisotopic (exact) mass is 269 g/mol. The zero-order valence-electron chi connectivity index (χ0n) is 11.8. The molecule has 1 heterocycles. The highest BCUT2D eigenvalue weighted by molar-refractivity contribution is 5.38. The SMILES string of the molecule is Cc1ccccc1C(C)Nc1nccn(C2CC2)c1=O. The van der Waals surface area contributed by atoms with Crippen molar-refractivity contribution in [3.05, 3.63) is 58.1 Å². The van der Waals surface area contributed by atoms with E-state index >= 15 is 0 Å². The van der Waals surface area contributed by atoms with Gasteiger partial charge in [0, 0.05) is 18.4 Å². The first-order valence-electron chi connectivity index (χ1n) is 7.06. The predicted molar refractivity (Wildman–Crippen MR) is 80.0 cm³/mol. The van der Waals surface area contributed by atoms with Crippen molar-refractivity contribution in [3.8, 4) is 0 Å². The fourth-order valence-corrected chi connectivity index (χ4v) is 2.52. The minimum Gasteiger partial charge on any atom is -0.359 e. The number of hydrogen-bond donors (Lipinski definition) is 1. The molecule has 0 amide bonds. The van der Waals surface area contributed by atoms with Crippen LogP contribution in [0.15, 0.2) is 41.5 Å². The van der Waals surface area contributed by atoms with Gasteiger partial charge in [0.05, 0.1) is 6.04 Å². The minimum absolute atomic E-state index is 0.0181. The summed E-state index contributed by atoms with van der Waals surface area (Å²) >= 11 is 0. The zero-order chi connectivity index (χ0) is 14.1. The second-order valence-electron chi connectivity index (χ2n) is 5.44. The summed E-state index contributed by atoms with van der Waals surface area (Å²) in [7, 11) is 0. The molecule has 20 heavy (non-hydrogen) atoms. The highest BCUT2D eigenvalue weighted by atomic mass is 16.1. The molecule has 0 radical (unpaired) electrons. The Bertz CT molecular complexity index is 673. The van der Waals surface area contributed by atoms with E-state index in [1.165, 1.54) is 11.1 Å². The molecule has 4 nitrogen and oxygen atoms in total. The van der Waals surface area contributed by atoms with Gasteiger partial charge < -0.3 is 9.88 Å². The summed E-state index contributed by atoms with van der Waals surface area (Å²) in [5.74, 6) is 0.440. The van der Waals surface area contributed by atoms with Crippen LogP contribution in [0.1, 0.15) is 43.0 Å². The van der Waals surface area contributed by atoms with Crippen molar-refractivity contribution in [3.63, 3.8) is 0 Å². The van der Waals surface area contributed by atoms with E-state index in [2.05, 4.69) is 36.3 Å². The summed E-state index contributed by atoms with van der Waals surface area (Å²) in [6, 6.07) is 8.63. The largest absolute Gasteiger partial charge is 0.359 e. The molecular weight excluding hydrogens is 250 g/mol. The number of hydrogen-bond acceptors (Lipinski definition) is 3. The van der Waals surface area contributed by atoms with Crippen LogP contribution in [0.3, 0.4) is 0 Å². The molecule has 1 saturated carbocycles. The lowest BCUT2D eigenvalue weighted by Gasteiger charge is -2.17. The van der Waals surface area contributed by atoms with Crippen LogP contribution in [0.4, 0.5) is 5.82 Å². The Labute approximate surface area is 118 Å². The Morgan fingerprint density at radius 2 is 2.10 bits per heavy atom. The van der Waals surface area contributed by atoms with Gasteiger partial charge in [-0.05, 0) is 37.8 Å². The summed E-state index contributed by atoms with van der Waals surface area (Å²) in [6.07, 6.45) is 5.67. The van der Waals surface area contributed by atoms with Crippen LogP contribution in [0, 0.1) is 6.92 Å². The second-order valence-corrected chi connectivity index (χ2v) is 5.44. The van der Waals surface area contributed by atoms with Crippen molar-refractivity contribution < 1.29 is 0 Å². The number of benzene rings is 1. The third-order valence-electron chi connectivity index (χ3n) is 3.82. The molecule has 1 N–H and O–H groups in total. The number of aryl methyl sites for hydroxylation is 1. The number of rotatable bonds is 4. The van der Waals surface area contributed by atoms with E-state index in [0.29, 0.717) is 11.9 Å². The van der Waals surface area contributed by atoms with Gasteiger partial charge in [0.2, 0.25) is 0 Å². The Morgan fingerprint density at radius 1 is 1.35 bits per heavy atom. The first kappa shape index (κ1) is 12.9. The maximum absolute atomic E-state index is 12.3. The minimum atomic E-state index is -0.0181. The van der Waals surface area contributed by atoms with Crippen LogP contribution in [-0.2, 0) is 0 Å². The van der Waals surface area contributed by atoms with E-state index < -0.39 is 0 Å². The molecule has 1 unspecified atom stereocenters. The maximum Gasteiger partial charge on any atom is 0.293 e. The molecule has 1 atom stereocenters. The standard InChI is InChI=1S/C16H19N3O/c1-11-5-3-4-6-14(11)12(2)18-15-16(20)19(10-9-17-15)13-7-8-13/h3-6,9-10,12-13H,7-8H2,1-2H3,(H,17,18). The molecule has 1 aromatic heterocycles. The summed E-state index contributed by atoms with van der Waals surface area (Å²) in [4.78, 5) is 16.5. The van der Waals surface area contributed by atoms with Crippen LogP contribution >= 0.6 is 0 Å². The molecular formula is C16H19N3O. The van der Waals surface area contributed by atoms with Crippen molar-refractivity contribution in [2.24, 2.45) is 0 Å². The van der Waals surface area contributed by atoms with E-state index in [1.807, 2.05) is 12.1 Å². The van der Waals surface area contributed by atoms with Gasteiger partial charge >= 0.3 is 0 Å². The Hall–Kier alpha value is -2.10. The summed E-state index contributed by atoms with van der Waals surface area (Å²) in [5.41, 5.74) is 2.39. The quantitative estimate of drug-likeness (QED) is 0.928. The van der Waals surface area contributed by atoms with Crippen molar-refractivity contribution in [1.82, 2.24) is 9.55 Å². The van der Waals surface area contributed by atoms with Gasteiger partial charge in [-0.3, -0.25) is 4.79 Å². The van der Waals surface area contributed by atoms with E-state index in [1.54, 1.807) is 17.0 Å². The first-order valence-corrected chi connectivity index (χ1v) is 7.06. The molecule has 0 saturated heterocycles. The van der Waals surface area contributed by atoms with Gasteiger partial charge in [0.25, 0.3) is 5.56 Å². The summed E-state index contributed by atoms with van der Waals surface area (Å²) in [6.45, 7) is 4.13. The lowest BCUT2D eigenvalue weighted by molar-refractivity contribution is 0.696. The highest BCUT2D eigenvalue weighted by Gasteiger charge is 2.25. The van der Waals surface area contributed by atoms with Crippen molar-refractivity contribution in [2.45, 2.75) is 38.8 Å². The molecule has 1 aromatic carbocycles. The van der Waals surface area contributed by atoms with Gasteiger partial charge in [-0.1, -0.05) is 24.3 Å². The molecule has 4 heteroatoms. The predicted octanol–water partition coefficient (Wildman–Crippen LogP) is 3.06. The van der Waals surface area contributed by atoms with E-state index in [0.717, 1.165) is 12.8 Å². The van der Waals surface area contributed by atoms with Gasteiger partial charge in [-0.2, -0.15) is 0 Å². The molecule has 0 spiro atoms. The van der Waals surface area contributed by atoms with Crippen molar-refractivity contribution in [2.75, 3.05) is 5.32 Å². The molecule has 104 valence electrons. The fraction of sp³-hybridized carbons (Fsp3) is 0.375. The van der Waals surface area contributed by atoms with E-state index in [-0.39, 0.29) is 11.6 Å². The highest BCUT2D eigenvalue weighted by Crippen LogP contribution is 2.33. The van der Waals surface area contributed by atoms with Gasteiger partial charge in [-0.15, -0.1) is 0 Å². The lowest BCUT2D eigenvalue weighted by Crippen LogP contribution is -2.25. The fourth-order valence-electron chi connectivity index (χ4n) is 2.52. The number of nitrogens with zero attached hydrogens (tertiary/aromatic N) is 2. The van der Waals surface area contributed by atoms with Crippen LogP contribution in [-0.4, -0.2) is 9.55 Å². The van der Waals surface area contributed by atoms with Crippen LogP contribution < -0.4 is 10.9 Å². The average molecular weight is 269 g/mol. The number of anilines is 1. The lowest BCUT2D eigenvalue weighted by atomic mass is 10.0. The summed E-state index contributed by atoms with van der Waals surface area (Å²) in [5, 5.41) is 3.25. The molecule has 3 rings (SSSR count). The Morgan fingerprint density at radius 3 is 2.80 bits per heavy atom. The topological polar surface area (TPSA) is 46.9 Å². The van der Waals surface area contributed by atoms with Crippen LogP contribution in [0.25, 0.3) is 0 Å². The van der Waals surface area contributed by atoms with Crippen molar-refractivity contribution >= 4 is 5.82 Å². The van der Waals surface area contributed by atoms with E-state index in [9.17, 15) is 4.79 Å². The normalized spacial score (nSPS) is 15.9. The van der Waals surface area contributed by atoms with Gasteiger partial charge in [0.15, 0.2) is 5.82 Å². The molecule has 2 aromatic rings. The molecule has 1 aliphatic rings. The number of nitrogens with one attached hydrogen (secondary N) is 1. The van der Waals surface area contributed by atoms with Crippen molar-refractivity contribution in [1.29, 1.82) is 0 Å². The second kappa shape index (κ2) is 5.12. The third kappa shape index (κ3) is 2.46. The Balaban J connectivity index is 1.86. The molecule has 1 fully saturated rings. The first-order chi connectivity index (χ1) is 9.66. The average Bonchev–Trinajstić information content (AvgIpc) is 3.26. The molecule has 0 bridgehead atoms. The molecule has 0 aliphatic heterocycles. The maximum atomic E-state index is 12.3. The van der Waals surface area contributed by atoms with Gasteiger partial charge in [-0.25, -0.2) is 4.98 Å². The number of aromatic nitrogens is 2. The van der Waals surface area contributed by atoms with Gasteiger partial charge in [0.1, 0.15) is 0 Å². The van der Waals surface area contributed by atoms with E-state index in [4.69, 9.17) is 0 Å². The zero-order valence-corrected chi connectivity index (χ0v) is 11.8. The smallest absolute Gasteiger partial charge is 0.293 e. The Kier molecular flexibility index (Phi) is 3.30.